The molecule has 2 aromatic rings. The van der Waals surface area contributed by atoms with E-state index in [0.717, 1.165) is 42.6 Å². The molecule has 0 aromatic heterocycles. The van der Waals surface area contributed by atoms with Crippen molar-refractivity contribution in [3.8, 4) is 0 Å². The number of amides is 2. The van der Waals surface area contributed by atoms with Gasteiger partial charge in [-0.1, -0.05) is 42.5 Å². The summed E-state index contributed by atoms with van der Waals surface area (Å²) in [5.74, 6) is -0.469. The largest absolute Gasteiger partial charge is 0.366 e. The van der Waals surface area contributed by atoms with Crippen LogP contribution in [0.3, 0.4) is 0 Å². The predicted molar refractivity (Wildman–Crippen MR) is 120 cm³/mol. The molecule has 0 aliphatic carbocycles. The van der Waals surface area contributed by atoms with E-state index in [0.29, 0.717) is 17.0 Å². The summed E-state index contributed by atoms with van der Waals surface area (Å²) >= 11 is 0. The zero-order valence-corrected chi connectivity index (χ0v) is 18.2. The number of piperidine rings is 1. The molecule has 0 bridgehead atoms. The van der Waals surface area contributed by atoms with Crippen LogP contribution in [-0.2, 0) is 9.59 Å². The fourth-order valence-electron chi connectivity index (χ4n) is 4.45. The molecule has 0 spiro atoms. The molecule has 156 valence electrons. The SMILES string of the molecule is Cc1ccc(C)c(N2C(=O)C(c3ccccc3)=C(N(C)C3CCN(C)CC3)C2=O)c1. The highest BCUT2D eigenvalue weighted by atomic mass is 16.2. The molecule has 5 nitrogen and oxygen atoms in total. The van der Waals surface area contributed by atoms with E-state index in [2.05, 4.69) is 16.8 Å². The molecule has 5 heteroatoms. The highest BCUT2D eigenvalue weighted by Crippen LogP contribution is 2.37. The van der Waals surface area contributed by atoms with Gasteiger partial charge < -0.3 is 9.80 Å². The molecule has 2 aromatic carbocycles. The maximum Gasteiger partial charge on any atom is 0.282 e. The van der Waals surface area contributed by atoms with Crippen molar-refractivity contribution in [1.29, 1.82) is 0 Å². The first kappa shape index (κ1) is 20.4. The number of aryl methyl sites for hydroxylation is 2. The number of benzene rings is 2. The number of carbonyl (C=O) groups is 2. The lowest BCUT2D eigenvalue weighted by molar-refractivity contribution is -0.120. The first-order valence-corrected chi connectivity index (χ1v) is 10.6. The van der Waals surface area contributed by atoms with Crippen molar-refractivity contribution < 1.29 is 9.59 Å². The van der Waals surface area contributed by atoms with Crippen LogP contribution in [0.1, 0.15) is 29.5 Å². The number of likely N-dealkylation sites (N-methyl/N-ethyl adjacent to an activating group) is 1. The van der Waals surface area contributed by atoms with E-state index in [4.69, 9.17) is 0 Å². The zero-order chi connectivity index (χ0) is 21.4. The molecule has 0 atom stereocenters. The van der Waals surface area contributed by atoms with E-state index in [9.17, 15) is 9.59 Å². The van der Waals surface area contributed by atoms with Crippen molar-refractivity contribution in [2.45, 2.75) is 32.7 Å². The first-order valence-electron chi connectivity index (χ1n) is 10.6. The summed E-state index contributed by atoms with van der Waals surface area (Å²) in [6.45, 7) is 5.90. The second-order valence-corrected chi connectivity index (χ2v) is 8.47. The van der Waals surface area contributed by atoms with E-state index < -0.39 is 0 Å². The van der Waals surface area contributed by atoms with Gasteiger partial charge in [-0.25, -0.2) is 4.90 Å². The zero-order valence-electron chi connectivity index (χ0n) is 18.2. The third kappa shape index (κ3) is 3.54. The fraction of sp³-hybridized carbons (Fsp3) is 0.360. The summed E-state index contributed by atoms with van der Waals surface area (Å²) in [7, 11) is 4.09. The van der Waals surface area contributed by atoms with Crippen LogP contribution in [0.15, 0.2) is 54.2 Å². The summed E-state index contributed by atoms with van der Waals surface area (Å²) in [4.78, 5) is 33.1. The molecule has 2 aliphatic rings. The Kier molecular flexibility index (Phi) is 5.48. The van der Waals surface area contributed by atoms with Crippen molar-refractivity contribution in [2.75, 3.05) is 32.1 Å². The van der Waals surface area contributed by atoms with Crippen LogP contribution in [0.5, 0.6) is 0 Å². The molecule has 4 rings (SSSR count). The minimum atomic E-state index is -0.241. The Labute approximate surface area is 178 Å². The molecule has 1 saturated heterocycles. The number of imide groups is 1. The molecule has 1 fully saturated rings. The van der Waals surface area contributed by atoms with E-state index in [-0.39, 0.29) is 17.9 Å². The summed E-state index contributed by atoms with van der Waals surface area (Å²) in [5.41, 5.74) is 4.42. The van der Waals surface area contributed by atoms with Gasteiger partial charge in [0.2, 0.25) is 0 Å². The van der Waals surface area contributed by atoms with Gasteiger partial charge in [0.05, 0.1) is 11.3 Å². The van der Waals surface area contributed by atoms with E-state index in [1.54, 1.807) is 0 Å². The topological polar surface area (TPSA) is 43.9 Å². The molecular formula is C25H29N3O2. The van der Waals surface area contributed by atoms with Crippen molar-refractivity contribution >= 4 is 23.1 Å². The average Bonchev–Trinajstić information content (AvgIpc) is 3.00. The Balaban J connectivity index is 1.80. The Morgan fingerprint density at radius 1 is 0.933 bits per heavy atom. The van der Waals surface area contributed by atoms with Crippen LogP contribution >= 0.6 is 0 Å². The van der Waals surface area contributed by atoms with Gasteiger partial charge in [0.15, 0.2) is 0 Å². The quantitative estimate of drug-likeness (QED) is 0.732. The van der Waals surface area contributed by atoms with Gasteiger partial charge in [-0.2, -0.15) is 0 Å². The highest BCUT2D eigenvalue weighted by molar-refractivity contribution is 6.45. The lowest BCUT2D eigenvalue weighted by Gasteiger charge is -2.36. The van der Waals surface area contributed by atoms with Gasteiger partial charge >= 0.3 is 0 Å². The summed E-state index contributed by atoms with van der Waals surface area (Å²) in [6.07, 6.45) is 1.95. The molecular weight excluding hydrogens is 374 g/mol. The van der Waals surface area contributed by atoms with Gasteiger partial charge in [0.1, 0.15) is 5.70 Å². The minimum Gasteiger partial charge on any atom is -0.366 e. The van der Waals surface area contributed by atoms with Crippen LogP contribution in [0.4, 0.5) is 5.69 Å². The Bertz CT molecular complexity index is 1000. The molecule has 30 heavy (non-hydrogen) atoms. The van der Waals surface area contributed by atoms with Crippen LogP contribution in [0.25, 0.3) is 5.57 Å². The average molecular weight is 404 g/mol. The van der Waals surface area contributed by atoms with Gasteiger partial charge in [-0.05, 0) is 69.6 Å². The van der Waals surface area contributed by atoms with Crippen molar-refractivity contribution in [2.24, 2.45) is 0 Å². The minimum absolute atomic E-state index is 0.228. The number of hydrogen-bond acceptors (Lipinski definition) is 4. The number of likely N-dealkylation sites (tertiary alicyclic amines) is 1. The molecule has 0 saturated carbocycles. The van der Waals surface area contributed by atoms with Gasteiger partial charge in [0, 0.05) is 13.1 Å². The van der Waals surface area contributed by atoms with Gasteiger partial charge in [-0.15, -0.1) is 0 Å². The van der Waals surface area contributed by atoms with Crippen molar-refractivity contribution in [3.63, 3.8) is 0 Å². The van der Waals surface area contributed by atoms with Crippen LogP contribution in [0, 0.1) is 13.8 Å². The van der Waals surface area contributed by atoms with Gasteiger partial charge in [0.25, 0.3) is 11.8 Å². The fourth-order valence-corrected chi connectivity index (χ4v) is 4.45. The normalized spacial score (nSPS) is 18.5. The maximum absolute atomic E-state index is 13.7. The van der Waals surface area contributed by atoms with E-state index in [1.165, 1.54) is 4.90 Å². The molecule has 0 radical (unpaired) electrons. The standard InChI is InChI=1S/C25H29N3O2/c1-17-10-11-18(2)21(16-17)28-24(29)22(19-8-6-5-7-9-19)23(25(28)30)27(4)20-12-14-26(3)15-13-20/h5-11,16,20H,12-15H2,1-4H3. The smallest absolute Gasteiger partial charge is 0.282 e. The molecule has 2 heterocycles. The number of nitrogens with zero attached hydrogens (tertiary/aromatic N) is 3. The lowest BCUT2D eigenvalue weighted by atomic mass is 10.0. The Morgan fingerprint density at radius 2 is 1.60 bits per heavy atom. The highest BCUT2D eigenvalue weighted by Gasteiger charge is 2.43. The van der Waals surface area contributed by atoms with E-state index in [1.807, 2.05) is 69.4 Å². The number of anilines is 1. The molecule has 0 unspecified atom stereocenters. The Hall–Kier alpha value is -2.92. The summed E-state index contributed by atoms with van der Waals surface area (Å²) < 4.78 is 0. The first-order chi connectivity index (χ1) is 14.4. The molecule has 2 aliphatic heterocycles. The number of carbonyl (C=O) groups excluding carboxylic acids is 2. The Morgan fingerprint density at radius 3 is 2.27 bits per heavy atom. The van der Waals surface area contributed by atoms with Crippen LogP contribution in [-0.4, -0.2) is 54.8 Å². The summed E-state index contributed by atoms with van der Waals surface area (Å²) in [5, 5.41) is 0. The summed E-state index contributed by atoms with van der Waals surface area (Å²) in [6, 6.07) is 15.7. The second kappa shape index (κ2) is 8.07. The van der Waals surface area contributed by atoms with Crippen LogP contribution < -0.4 is 4.90 Å². The molecule has 0 N–H and O–H groups in total. The van der Waals surface area contributed by atoms with Gasteiger partial charge in [-0.3, -0.25) is 9.59 Å². The number of rotatable bonds is 4. The van der Waals surface area contributed by atoms with Crippen LogP contribution in [0.2, 0.25) is 0 Å². The van der Waals surface area contributed by atoms with Crippen molar-refractivity contribution in [3.05, 3.63) is 70.9 Å². The van der Waals surface area contributed by atoms with E-state index >= 15 is 0 Å². The third-order valence-electron chi connectivity index (χ3n) is 6.32. The monoisotopic (exact) mass is 403 g/mol. The lowest BCUT2D eigenvalue weighted by Crippen LogP contribution is -2.43. The number of hydrogen-bond donors (Lipinski definition) is 0. The second-order valence-electron chi connectivity index (χ2n) is 8.47. The maximum atomic E-state index is 13.7. The molecule has 2 amide bonds. The predicted octanol–water partition coefficient (Wildman–Crippen LogP) is 3.61. The third-order valence-corrected chi connectivity index (χ3v) is 6.32. The van der Waals surface area contributed by atoms with Crippen molar-refractivity contribution in [1.82, 2.24) is 9.80 Å².